The van der Waals surface area contributed by atoms with Crippen LogP contribution >= 0.6 is 0 Å². The second-order valence-electron chi connectivity index (χ2n) is 4.48. The molecular formula is C11H20O. The van der Waals surface area contributed by atoms with Gasteiger partial charge in [0.1, 0.15) is 0 Å². The zero-order valence-electron chi connectivity index (χ0n) is 7.93. The second kappa shape index (κ2) is 4.27. The van der Waals surface area contributed by atoms with Crippen molar-refractivity contribution >= 4 is 0 Å². The van der Waals surface area contributed by atoms with Crippen LogP contribution in [0.1, 0.15) is 44.9 Å². The summed E-state index contributed by atoms with van der Waals surface area (Å²) in [5.74, 6) is 1.99. The van der Waals surface area contributed by atoms with Gasteiger partial charge in [0.15, 0.2) is 0 Å². The van der Waals surface area contributed by atoms with Crippen LogP contribution in [0.2, 0.25) is 0 Å². The molecule has 0 radical (unpaired) electrons. The highest BCUT2D eigenvalue weighted by Gasteiger charge is 2.20. The van der Waals surface area contributed by atoms with Crippen molar-refractivity contribution in [3.63, 3.8) is 0 Å². The highest BCUT2D eigenvalue weighted by molar-refractivity contribution is 4.71. The Morgan fingerprint density at radius 1 is 0.833 bits per heavy atom. The average molecular weight is 168 g/mol. The van der Waals surface area contributed by atoms with Gasteiger partial charge in [-0.15, -0.1) is 0 Å². The maximum absolute atomic E-state index is 5.17. The molecule has 2 rings (SSSR count). The van der Waals surface area contributed by atoms with E-state index in [1.165, 1.54) is 44.9 Å². The summed E-state index contributed by atoms with van der Waals surface area (Å²) in [7, 11) is 0. The minimum Gasteiger partial charge on any atom is -0.381 e. The molecule has 0 bridgehead atoms. The number of hydrogen-bond donors (Lipinski definition) is 0. The van der Waals surface area contributed by atoms with E-state index in [4.69, 9.17) is 4.74 Å². The molecule has 0 aromatic rings. The largest absolute Gasteiger partial charge is 0.381 e. The Balaban J connectivity index is 1.58. The van der Waals surface area contributed by atoms with Crippen LogP contribution < -0.4 is 0 Å². The summed E-state index contributed by atoms with van der Waals surface area (Å²) in [6.07, 6.45) is 10.4. The Kier molecular flexibility index (Phi) is 3.04. The number of ether oxygens (including phenoxy) is 1. The molecule has 1 heteroatoms. The average Bonchev–Trinajstić information content (AvgIpc) is 2.04. The SMILES string of the molecule is C1CCC(CCC2COC2)CC1. The van der Waals surface area contributed by atoms with Gasteiger partial charge in [-0.2, -0.15) is 0 Å². The highest BCUT2D eigenvalue weighted by atomic mass is 16.5. The highest BCUT2D eigenvalue weighted by Crippen LogP contribution is 2.29. The molecule has 0 aromatic heterocycles. The van der Waals surface area contributed by atoms with Crippen molar-refractivity contribution in [2.24, 2.45) is 11.8 Å². The van der Waals surface area contributed by atoms with E-state index in [1.807, 2.05) is 0 Å². The van der Waals surface area contributed by atoms with Crippen molar-refractivity contribution in [1.29, 1.82) is 0 Å². The van der Waals surface area contributed by atoms with Gasteiger partial charge in [-0.3, -0.25) is 0 Å². The molecule has 1 saturated heterocycles. The van der Waals surface area contributed by atoms with Crippen LogP contribution in [0.15, 0.2) is 0 Å². The molecule has 12 heavy (non-hydrogen) atoms. The first-order valence-electron chi connectivity index (χ1n) is 5.53. The number of hydrogen-bond acceptors (Lipinski definition) is 1. The van der Waals surface area contributed by atoms with Gasteiger partial charge in [0.25, 0.3) is 0 Å². The molecule has 2 aliphatic rings. The van der Waals surface area contributed by atoms with E-state index in [-0.39, 0.29) is 0 Å². The van der Waals surface area contributed by atoms with Crippen molar-refractivity contribution in [3.8, 4) is 0 Å². The monoisotopic (exact) mass is 168 g/mol. The fourth-order valence-corrected chi connectivity index (χ4v) is 2.40. The van der Waals surface area contributed by atoms with E-state index in [0.29, 0.717) is 0 Å². The van der Waals surface area contributed by atoms with Crippen LogP contribution in [0, 0.1) is 11.8 Å². The predicted molar refractivity (Wildman–Crippen MR) is 50.1 cm³/mol. The Morgan fingerprint density at radius 2 is 1.50 bits per heavy atom. The van der Waals surface area contributed by atoms with Gasteiger partial charge < -0.3 is 4.74 Å². The van der Waals surface area contributed by atoms with E-state index >= 15 is 0 Å². The molecule has 0 N–H and O–H groups in total. The van der Waals surface area contributed by atoms with Crippen LogP contribution in [0.25, 0.3) is 0 Å². The van der Waals surface area contributed by atoms with Gasteiger partial charge in [0.05, 0.1) is 13.2 Å². The van der Waals surface area contributed by atoms with Crippen molar-refractivity contribution in [1.82, 2.24) is 0 Å². The first kappa shape index (κ1) is 8.55. The minimum atomic E-state index is 0.923. The second-order valence-corrected chi connectivity index (χ2v) is 4.48. The summed E-state index contributed by atoms with van der Waals surface area (Å²) in [4.78, 5) is 0. The van der Waals surface area contributed by atoms with Crippen LogP contribution in [-0.2, 0) is 4.74 Å². The third-order valence-corrected chi connectivity index (χ3v) is 3.42. The molecule has 0 aromatic carbocycles. The molecule has 1 aliphatic carbocycles. The fraction of sp³-hybridized carbons (Fsp3) is 1.00. The lowest BCUT2D eigenvalue weighted by atomic mass is 9.84. The van der Waals surface area contributed by atoms with Crippen molar-refractivity contribution < 1.29 is 4.74 Å². The van der Waals surface area contributed by atoms with Gasteiger partial charge in [-0.05, 0) is 12.3 Å². The van der Waals surface area contributed by atoms with E-state index in [1.54, 1.807) is 0 Å². The van der Waals surface area contributed by atoms with Crippen molar-refractivity contribution in [2.75, 3.05) is 13.2 Å². The van der Waals surface area contributed by atoms with E-state index in [2.05, 4.69) is 0 Å². The van der Waals surface area contributed by atoms with Gasteiger partial charge in [-0.25, -0.2) is 0 Å². The summed E-state index contributed by atoms with van der Waals surface area (Å²) in [6, 6.07) is 0. The van der Waals surface area contributed by atoms with Gasteiger partial charge in [0, 0.05) is 5.92 Å². The molecule has 1 saturated carbocycles. The van der Waals surface area contributed by atoms with E-state index in [9.17, 15) is 0 Å². The fourth-order valence-electron chi connectivity index (χ4n) is 2.40. The van der Waals surface area contributed by atoms with E-state index in [0.717, 1.165) is 25.0 Å². The molecule has 2 fully saturated rings. The Bertz CT molecular complexity index is 123. The summed E-state index contributed by atoms with van der Waals surface area (Å²) < 4.78 is 5.17. The smallest absolute Gasteiger partial charge is 0.0516 e. The van der Waals surface area contributed by atoms with Crippen LogP contribution in [0.3, 0.4) is 0 Å². The lowest BCUT2D eigenvalue weighted by Gasteiger charge is -2.28. The quantitative estimate of drug-likeness (QED) is 0.629. The topological polar surface area (TPSA) is 9.23 Å². The van der Waals surface area contributed by atoms with Crippen molar-refractivity contribution in [2.45, 2.75) is 44.9 Å². The Morgan fingerprint density at radius 3 is 2.08 bits per heavy atom. The lowest BCUT2D eigenvalue weighted by molar-refractivity contribution is -0.0384. The third kappa shape index (κ3) is 2.22. The molecule has 1 nitrogen and oxygen atoms in total. The Labute approximate surface area is 75.5 Å². The summed E-state index contributed by atoms with van der Waals surface area (Å²) in [5, 5.41) is 0. The molecule has 0 unspecified atom stereocenters. The molecule has 70 valence electrons. The summed E-state index contributed by atoms with van der Waals surface area (Å²) >= 11 is 0. The molecular weight excluding hydrogens is 148 g/mol. The van der Waals surface area contributed by atoms with Crippen LogP contribution in [0.4, 0.5) is 0 Å². The lowest BCUT2D eigenvalue weighted by Crippen LogP contribution is -2.27. The minimum absolute atomic E-state index is 0.923. The normalized spacial score (nSPS) is 27.0. The maximum Gasteiger partial charge on any atom is 0.0516 e. The first-order chi connectivity index (χ1) is 5.95. The first-order valence-corrected chi connectivity index (χ1v) is 5.53. The molecule has 1 aliphatic heterocycles. The van der Waals surface area contributed by atoms with Crippen LogP contribution in [-0.4, -0.2) is 13.2 Å². The third-order valence-electron chi connectivity index (χ3n) is 3.42. The molecule has 0 spiro atoms. The zero-order chi connectivity index (χ0) is 8.23. The predicted octanol–water partition coefficient (Wildman–Crippen LogP) is 2.99. The summed E-state index contributed by atoms with van der Waals surface area (Å²) in [6.45, 7) is 2.10. The summed E-state index contributed by atoms with van der Waals surface area (Å²) in [5.41, 5.74) is 0. The maximum atomic E-state index is 5.17. The molecule has 0 atom stereocenters. The van der Waals surface area contributed by atoms with Crippen molar-refractivity contribution in [3.05, 3.63) is 0 Å². The van der Waals surface area contributed by atoms with Gasteiger partial charge in [-0.1, -0.05) is 38.5 Å². The Hall–Kier alpha value is -0.0400. The van der Waals surface area contributed by atoms with Crippen LogP contribution in [0.5, 0.6) is 0 Å². The number of rotatable bonds is 3. The van der Waals surface area contributed by atoms with Gasteiger partial charge >= 0.3 is 0 Å². The standard InChI is InChI=1S/C11H20O/c1-2-4-10(5-3-1)6-7-11-8-12-9-11/h10-11H,1-9H2. The van der Waals surface area contributed by atoms with E-state index < -0.39 is 0 Å². The molecule has 0 amide bonds. The van der Waals surface area contributed by atoms with Gasteiger partial charge in [0.2, 0.25) is 0 Å². The molecule has 1 heterocycles. The zero-order valence-corrected chi connectivity index (χ0v) is 7.93.